The molecule has 2 aromatic carbocycles. The smallest absolute Gasteiger partial charge is 0.303 e. The quantitative estimate of drug-likeness (QED) is 0.393. The van der Waals surface area contributed by atoms with E-state index >= 15 is 0 Å². The highest BCUT2D eigenvalue weighted by Crippen LogP contribution is 2.36. The van der Waals surface area contributed by atoms with Crippen LogP contribution in [0.2, 0.25) is 0 Å². The molecule has 3 amide bonds. The van der Waals surface area contributed by atoms with E-state index in [2.05, 4.69) is 0 Å². The van der Waals surface area contributed by atoms with Crippen molar-refractivity contribution in [1.29, 1.82) is 0 Å². The first-order chi connectivity index (χ1) is 15.4. The molecule has 2 aromatic rings. The standard InChI is InChI=1S/C24H22N2O6/c1-15(27)32-20-14-21(28)26(23(20)29)22-19(13-8-16-6-4-3-5-7-16)25(24(22)30)17-9-11-18(31-2)12-10-17/h3-13,19-20,22H,14H2,1-2H3/b13-8+. The molecule has 2 saturated heterocycles. The maximum atomic E-state index is 13.2. The fourth-order valence-corrected chi connectivity index (χ4v) is 3.97. The average molecular weight is 434 g/mol. The normalized spacial score (nSPS) is 22.9. The largest absolute Gasteiger partial charge is 0.497 e. The number of likely N-dealkylation sites (tertiary alicyclic amines) is 1. The molecule has 0 N–H and O–H groups in total. The Labute approximate surface area is 185 Å². The molecule has 0 aliphatic carbocycles. The fraction of sp³-hybridized carbons (Fsp3) is 0.250. The molecule has 3 unspecified atom stereocenters. The van der Waals surface area contributed by atoms with Gasteiger partial charge < -0.3 is 14.4 Å². The molecule has 32 heavy (non-hydrogen) atoms. The second-order valence-electron chi connectivity index (χ2n) is 7.52. The molecule has 2 fully saturated rings. The third-order valence-corrected chi connectivity index (χ3v) is 5.48. The zero-order chi connectivity index (χ0) is 22.8. The molecule has 0 radical (unpaired) electrons. The van der Waals surface area contributed by atoms with Crippen molar-refractivity contribution in [3.05, 3.63) is 66.2 Å². The molecule has 0 spiro atoms. The zero-order valence-electron chi connectivity index (χ0n) is 17.6. The first kappa shape index (κ1) is 21.3. The van der Waals surface area contributed by atoms with Crippen LogP contribution in [0, 0.1) is 0 Å². The lowest BCUT2D eigenvalue weighted by atomic mass is 9.91. The molecule has 2 heterocycles. The van der Waals surface area contributed by atoms with E-state index in [1.54, 1.807) is 37.5 Å². The van der Waals surface area contributed by atoms with Gasteiger partial charge in [-0.05, 0) is 29.8 Å². The molecule has 4 rings (SSSR count). The van der Waals surface area contributed by atoms with E-state index in [9.17, 15) is 19.2 Å². The summed E-state index contributed by atoms with van der Waals surface area (Å²) in [5.41, 5.74) is 1.53. The van der Waals surface area contributed by atoms with Crippen molar-refractivity contribution in [3.8, 4) is 5.75 Å². The summed E-state index contributed by atoms with van der Waals surface area (Å²) < 4.78 is 10.1. The van der Waals surface area contributed by atoms with Gasteiger partial charge in [0.05, 0.1) is 19.6 Å². The molecule has 0 saturated carbocycles. The Morgan fingerprint density at radius 2 is 1.66 bits per heavy atom. The van der Waals surface area contributed by atoms with Crippen molar-refractivity contribution in [2.24, 2.45) is 0 Å². The Bertz CT molecular complexity index is 1080. The van der Waals surface area contributed by atoms with Crippen LogP contribution in [0.25, 0.3) is 6.08 Å². The zero-order valence-corrected chi connectivity index (χ0v) is 17.6. The van der Waals surface area contributed by atoms with Crippen LogP contribution in [0.5, 0.6) is 5.75 Å². The average Bonchev–Trinajstić information content (AvgIpc) is 3.04. The molecule has 8 nitrogen and oxygen atoms in total. The van der Waals surface area contributed by atoms with E-state index in [1.165, 1.54) is 11.8 Å². The van der Waals surface area contributed by atoms with Gasteiger partial charge >= 0.3 is 5.97 Å². The molecule has 3 atom stereocenters. The SMILES string of the molecule is COc1ccc(N2C(=O)C(N3C(=O)CC(OC(C)=O)C3=O)C2/C=C/c2ccccc2)cc1. The van der Waals surface area contributed by atoms with Crippen LogP contribution in [0.15, 0.2) is 60.7 Å². The van der Waals surface area contributed by atoms with Crippen molar-refractivity contribution in [2.45, 2.75) is 31.5 Å². The first-order valence-corrected chi connectivity index (χ1v) is 10.1. The number of esters is 1. The highest BCUT2D eigenvalue weighted by atomic mass is 16.5. The van der Waals surface area contributed by atoms with Gasteiger partial charge in [-0.1, -0.05) is 42.5 Å². The number of amides is 3. The number of hydrogen-bond donors (Lipinski definition) is 0. The van der Waals surface area contributed by atoms with E-state index in [-0.39, 0.29) is 12.3 Å². The molecule has 8 heteroatoms. The lowest BCUT2D eigenvalue weighted by Gasteiger charge is -2.48. The van der Waals surface area contributed by atoms with Gasteiger partial charge in [0.2, 0.25) is 5.91 Å². The predicted molar refractivity (Wildman–Crippen MR) is 116 cm³/mol. The highest BCUT2D eigenvalue weighted by molar-refractivity contribution is 6.15. The Morgan fingerprint density at radius 3 is 2.28 bits per heavy atom. The van der Waals surface area contributed by atoms with Gasteiger partial charge in [-0.3, -0.25) is 24.1 Å². The van der Waals surface area contributed by atoms with Gasteiger partial charge in [0.25, 0.3) is 11.8 Å². The lowest BCUT2D eigenvalue weighted by Crippen LogP contribution is -2.71. The molecule has 2 aliphatic heterocycles. The Morgan fingerprint density at radius 1 is 0.969 bits per heavy atom. The van der Waals surface area contributed by atoms with Crippen molar-refractivity contribution < 1.29 is 28.7 Å². The predicted octanol–water partition coefficient (Wildman–Crippen LogP) is 2.18. The van der Waals surface area contributed by atoms with Crippen LogP contribution in [-0.2, 0) is 23.9 Å². The van der Waals surface area contributed by atoms with E-state index < -0.39 is 36.0 Å². The third-order valence-electron chi connectivity index (χ3n) is 5.48. The summed E-state index contributed by atoms with van der Waals surface area (Å²) >= 11 is 0. The van der Waals surface area contributed by atoms with E-state index in [4.69, 9.17) is 9.47 Å². The maximum Gasteiger partial charge on any atom is 0.303 e. The van der Waals surface area contributed by atoms with Crippen LogP contribution in [0.1, 0.15) is 18.9 Å². The first-order valence-electron chi connectivity index (χ1n) is 10.1. The number of methoxy groups -OCH3 is 1. The number of hydrogen-bond acceptors (Lipinski definition) is 6. The summed E-state index contributed by atoms with van der Waals surface area (Å²) in [5.74, 6) is -1.60. The molecule has 0 bridgehead atoms. The van der Waals surface area contributed by atoms with Crippen LogP contribution >= 0.6 is 0 Å². The number of imide groups is 1. The molecular weight excluding hydrogens is 412 g/mol. The van der Waals surface area contributed by atoms with Crippen LogP contribution in [-0.4, -0.2) is 53.9 Å². The fourth-order valence-electron chi connectivity index (χ4n) is 3.97. The van der Waals surface area contributed by atoms with Gasteiger partial charge in [0, 0.05) is 12.6 Å². The third kappa shape index (κ3) is 3.87. The number of ether oxygens (including phenoxy) is 2. The summed E-state index contributed by atoms with van der Waals surface area (Å²) in [6, 6.07) is 14.9. The summed E-state index contributed by atoms with van der Waals surface area (Å²) in [5, 5.41) is 0. The number of carbonyl (C=O) groups is 4. The van der Waals surface area contributed by atoms with Crippen LogP contribution in [0.3, 0.4) is 0 Å². The highest BCUT2D eigenvalue weighted by Gasteiger charge is 2.57. The van der Waals surface area contributed by atoms with Gasteiger partial charge in [-0.25, -0.2) is 0 Å². The molecular formula is C24H22N2O6. The van der Waals surface area contributed by atoms with Crippen molar-refractivity contribution in [2.75, 3.05) is 12.0 Å². The van der Waals surface area contributed by atoms with E-state index in [0.29, 0.717) is 11.4 Å². The minimum absolute atomic E-state index is 0.264. The molecule has 0 aromatic heterocycles. The molecule has 164 valence electrons. The Balaban J connectivity index is 1.65. The molecule has 2 aliphatic rings. The van der Waals surface area contributed by atoms with Gasteiger partial charge in [0.15, 0.2) is 6.10 Å². The number of carbonyl (C=O) groups excluding carboxylic acids is 4. The Hall–Kier alpha value is -3.94. The summed E-state index contributed by atoms with van der Waals surface area (Å²) in [6.07, 6.45) is 2.18. The summed E-state index contributed by atoms with van der Waals surface area (Å²) in [4.78, 5) is 52.3. The topological polar surface area (TPSA) is 93.2 Å². The number of β-lactam (4-membered cyclic amide) rings is 1. The monoisotopic (exact) mass is 434 g/mol. The summed E-state index contributed by atoms with van der Waals surface area (Å²) in [7, 11) is 1.55. The van der Waals surface area contributed by atoms with Gasteiger partial charge in [-0.2, -0.15) is 0 Å². The number of rotatable bonds is 6. The minimum Gasteiger partial charge on any atom is -0.497 e. The van der Waals surface area contributed by atoms with E-state index in [0.717, 1.165) is 10.5 Å². The maximum absolute atomic E-state index is 13.2. The lowest BCUT2D eigenvalue weighted by molar-refractivity contribution is -0.158. The van der Waals surface area contributed by atoms with Crippen molar-refractivity contribution in [3.63, 3.8) is 0 Å². The second-order valence-corrected chi connectivity index (χ2v) is 7.52. The van der Waals surface area contributed by atoms with Gasteiger partial charge in [-0.15, -0.1) is 0 Å². The van der Waals surface area contributed by atoms with Gasteiger partial charge in [0.1, 0.15) is 11.8 Å². The van der Waals surface area contributed by atoms with Crippen molar-refractivity contribution in [1.82, 2.24) is 4.90 Å². The van der Waals surface area contributed by atoms with Crippen LogP contribution < -0.4 is 9.64 Å². The number of benzene rings is 2. The number of nitrogens with zero attached hydrogens (tertiary/aromatic N) is 2. The second kappa shape index (κ2) is 8.66. The summed E-state index contributed by atoms with van der Waals surface area (Å²) in [6.45, 7) is 1.17. The Kier molecular flexibility index (Phi) is 5.77. The van der Waals surface area contributed by atoms with E-state index in [1.807, 2.05) is 36.4 Å². The van der Waals surface area contributed by atoms with Crippen molar-refractivity contribution >= 4 is 35.5 Å². The van der Waals surface area contributed by atoms with Crippen LogP contribution in [0.4, 0.5) is 5.69 Å². The number of anilines is 1. The minimum atomic E-state index is -1.19.